The minimum atomic E-state index is 0. The average molecular weight is 539 g/mol. The molecule has 0 bridgehead atoms. The molecular weight excluding hydrogens is 499 g/mol. The van der Waals surface area contributed by atoms with E-state index in [1.54, 1.807) is 0 Å². The number of aryl methyl sites for hydroxylation is 2. The van der Waals surface area contributed by atoms with Crippen LogP contribution in [-0.2, 0) is 13.6 Å². The van der Waals surface area contributed by atoms with Crippen molar-refractivity contribution in [1.82, 2.24) is 19.7 Å². The molecule has 0 atom stereocenters. The maximum absolute atomic E-state index is 4.44. The van der Waals surface area contributed by atoms with Gasteiger partial charge in [-0.25, -0.2) is 0 Å². The summed E-state index contributed by atoms with van der Waals surface area (Å²) >= 11 is 0. The molecule has 0 amide bonds. The van der Waals surface area contributed by atoms with Crippen LogP contribution < -0.4 is 10.2 Å². The summed E-state index contributed by atoms with van der Waals surface area (Å²) in [6.07, 6.45) is 4.46. The van der Waals surface area contributed by atoms with E-state index in [1.807, 2.05) is 7.05 Å². The van der Waals surface area contributed by atoms with Crippen LogP contribution in [0.5, 0.6) is 0 Å². The van der Waals surface area contributed by atoms with Crippen LogP contribution in [0.2, 0.25) is 0 Å². The van der Waals surface area contributed by atoms with E-state index < -0.39 is 0 Å². The zero-order chi connectivity index (χ0) is 21.3. The van der Waals surface area contributed by atoms with Gasteiger partial charge < -0.3 is 19.7 Å². The summed E-state index contributed by atoms with van der Waals surface area (Å²) in [5.74, 6) is 0.961. The second-order valence-electron chi connectivity index (χ2n) is 8.32. The number of halogens is 1. The molecule has 0 aliphatic carbocycles. The number of benzene rings is 1. The van der Waals surface area contributed by atoms with Gasteiger partial charge in [-0.15, -0.1) is 24.0 Å². The number of hydrogen-bond acceptors (Lipinski definition) is 3. The largest absolute Gasteiger partial charge is 0.369 e. The van der Waals surface area contributed by atoms with E-state index in [9.17, 15) is 0 Å². The van der Waals surface area contributed by atoms with Crippen molar-refractivity contribution in [1.29, 1.82) is 0 Å². The lowest BCUT2D eigenvalue weighted by Crippen LogP contribution is -2.46. The summed E-state index contributed by atoms with van der Waals surface area (Å²) in [7, 11) is 6.04. The predicted molar refractivity (Wildman–Crippen MR) is 143 cm³/mol. The highest BCUT2D eigenvalue weighted by molar-refractivity contribution is 14.0. The van der Waals surface area contributed by atoms with E-state index in [2.05, 4.69) is 93.2 Å². The van der Waals surface area contributed by atoms with Gasteiger partial charge in [0, 0.05) is 71.4 Å². The van der Waals surface area contributed by atoms with E-state index in [4.69, 9.17) is 0 Å². The first kappa shape index (κ1) is 25.5. The lowest BCUT2D eigenvalue weighted by molar-refractivity contribution is 0.253. The van der Waals surface area contributed by atoms with Crippen molar-refractivity contribution in [2.24, 2.45) is 12.0 Å². The number of nitrogens with zero attached hydrogens (tertiary/aromatic N) is 5. The van der Waals surface area contributed by atoms with Gasteiger partial charge in [0.25, 0.3) is 0 Å². The highest BCUT2D eigenvalue weighted by Gasteiger charge is 2.16. The van der Waals surface area contributed by atoms with Gasteiger partial charge in [-0.05, 0) is 56.1 Å². The molecule has 0 unspecified atom stereocenters. The van der Waals surface area contributed by atoms with Gasteiger partial charge in [-0.1, -0.05) is 12.1 Å². The van der Waals surface area contributed by atoms with Crippen molar-refractivity contribution >= 4 is 35.6 Å². The fraction of sp³-hybridized carbons (Fsp3) is 0.542. The van der Waals surface area contributed by atoms with Crippen LogP contribution in [0.1, 0.15) is 24.1 Å². The van der Waals surface area contributed by atoms with Crippen molar-refractivity contribution < 1.29 is 0 Å². The van der Waals surface area contributed by atoms with Gasteiger partial charge in [0.1, 0.15) is 0 Å². The number of nitrogens with one attached hydrogen (secondary N) is 1. The van der Waals surface area contributed by atoms with E-state index in [0.717, 1.165) is 51.6 Å². The molecule has 1 saturated heterocycles. The number of aliphatic imine (C=N–C) groups is 1. The molecule has 2 aromatic rings. The topological polar surface area (TPSA) is 39.0 Å². The van der Waals surface area contributed by atoms with Gasteiger partial charge in [-0.2, -0.15) is 0 Å². The molecule has 172 valence electrons. The quantitative estimate of drug-likeness (QED) is 0.242. The Labute approximate surface area is 205 Å². The Morgan fingerprint density at radius 1 is 1.10 bits per heavy atom. The van der Waals surface area contributed by atoms with Crippen molar-refractivity contribution in [2.75, 3.05) is 58.3 Å². The lowest BCUT2D eigenvalue weighted by Gasteiger charge is -2.36. The molecule has 0 radical (unpaired) electrons. The lowest BCUT2D eigenvalue weighted by atomic mass is 10.2. The molecule has 2 heterocycles. The summed E-state index contributed by atoms with van der Waals surface area (Å²) in [4.78, 5) is 11.7. The van der Waals surface area contributed by atoms with Crippen molar-refractivity contribution in [3.8, 4) is 0 Å². The number of anilines is 1. The predicted octanol–water partition coefficient (Wildman–Crippen LogP) is 3.56. The number of hydrogen-bond donors (Lipinski definition) is 1. The average Bonchev–Trinajstić information content (AvgIpc) is 3.15. The molecule has 7 heteroatoms. The van der Waals surface area contributed by atoms with E-state index >= 15 is 0 Å². The first-order valence-corrected chi connectivity index (χ1v) is 11.1. The van der Waals surface area contributed by atoms with Crippen LogP contribution in [0, 0.1) is 6.92 Å². The fourth-order valence-electron chi connectivity index (χ4n) is 4.08. The monoisotopic (exact) mass is 538 g/mol. The normalized spacial score (nSPS) is 15.0. The minimum absolute atomic E-state index is 0. The van der Waals surface area contributed by atoms with Gasteiger partial charge >= 0.3 is 0 Å². The second-order valence-corrected chi connectivity index (χ2v) is 8.32. The van der Waals surface area contributed by atoms with E-state index in [0.29, 0.717) is 0 Å². The molecule has 0 saturated carbocycles. The molecule has 0 spiro atoms. The third-order valence-corrected chi connectivity index (χ3v) is 5.95. The SMILES string of the molecule is CN=C(NCCCCN1CCN(c2cccc(C)c2)CC1)N(C)Cc1cccn1C.I. The minimum Gasteiger partial charge on any atom is -0.369 e. The number of rotatable bonds is 8. The van der Waals surface area contributed by atoms with Crippen LogP contribution in [0.3, 0.4) is 0 Å². The van der Waals surface area contributed by atoms with Crippen molar-refractivity contribution in [2.45, 2.75) is 26.3 Å². The molecule has 1 N–H and O–H groups in total. The molecule has 1 aliphatic heterocycles. The molecular formula is C24H39IN6. The molecule has 31 heavy (non-hydrogen) atoms. The Hall–Kier alpha value is -1.74. The maximum Gasteiger partial charge on any atom is 0.193 e. The van der Waals surface area contributed by atoms with Gasteiger partial charge in [0.05, 0.1) is 6.54 Å². The van der Waals surface area contributed by atoms with Crippen LogP contribution in [-0.4, -0.2) is 73.7 Å². The number of unbranched alkanes of at least 4 members (excludes halogenated alkanes) is 1. The molecule has 3 rings (SSSR count). The van der Waals surface area contributed by atoms with Gasteiger partial charge in [0.15, 0.2) is 5.96 Å². The first-order valence-electron chi connectivity index (χ1n) is 11.1. The van der Waals surface area contributed by atoms with Crippen LogP contribution >= 0.6 is 24.0 Å². The second kappa shape index (κ2) is 13.0. The van der Waals surface area contributed by atoms with Gasteiger partial charge in [0.2, 0.25) is 0 Å². The van der Waals surface area contributed by atoms with E-state index in [-0.39, 0.29) is 24.0 Å². The third kappa shape index (κ3) is 7.71. The smallest absolute Gasteiger partial charge is 0.193 e. The summed E-state index contributed by atoms with van der Waals surface area (Å²) in [5.41, 5.74) is 3.99. The Morgan fingerprint density at radius 2 is 1.87 bits per heavy atom. The van der Waals surface area contributed by atoms with Crippen LogP contribution in [0.4, 0.5) is 5.69 Å². The Morgan fingerprint density at radius 3 is 2.52 bits per heavy atom. The zero-order valence-electron chi connectivity index (χ0n) is 19.5. The first-order chi connectivity index (χ1) is 14.6. The highest BCUT2D eigenvalue weighted by atomic mass is 127. The Balaban J connectivity index is 0.00000341. The standard InChI is InChI=1S/C24H38N6.HI/c1-21-9-7-10-22(19-21)30-17-15-29(16-18-30)14-6-5-12-26-24(25-2)28(4)20-23-11-8-13-27(23)3;/h7-11,13,19H,5-6,12,14-18,20H2,1-4H3,(H,25,26);1H. The molecule has 1 fully saturated rings. The molecule has 6 nitrogen and oxygen atoms in total. The highest BCUT2D eigenvalue weighted by Crippen LogP contribution is 2.17. The van der Waals surface area contributed by atoms with Gasteiger partial charge in [-0.3, -0.25) is 9.89 Å². The van der Waals surface area contributed by atoms with Crippen LogP contribution in [0.15, 0.2) is 47.6 Å². The number of guanidine groups is 1. The van der Waals surface area contributed by atoms with Crippen molar-refractivity contribution in [3.63, 3.8) is 0 Å². The summed E-state index contributed by atoms with van der Waals surface area (Å²) < 4.78 is 2.16. The maximum atomic E-state index is 4.44. The molecule has 1 aromatic heterocycles. The zero-order valence-corrected chi connectivity index (χ0v) is 21.9. The van der Waals surface area contributed by atoms with E-state index in [1.165, 1.54) is 29.9 Å². The third-order valence-electron chi connectivity index (χ3n) is 5.95. The summed E-state index contributed by atoms with van der Waals surface area (Å²) in [6.45, 7) is 9.73. The summed E-state index contributed by atoms with van der Waals surface area (Å²) in [6, 6.07) is 13.1. The van der Waals surface area contributed by atoms with Crippen molar-refractivity contribution in [3.05, 3.63) is 53.9 Å². The summed E-state index contributed by atoms with van der Waals surface area (Å²) in [5, 5.41) is 3.51. The Kier molecular flexibility index (Phi) is 10.7. The molecule has 1 aromatic carbocycles. The Bertz CT molecular complexity index is 810. The number of piperazine rings is 1. The number of aromatic nitrogens is 1. The molecule has 1 aliphatic rings. The van der Waals surface area contributed by atoms with Crippen LogP contribution in [0.25, 0.3) is 0 Å². The fourth-order valence-corrected chi connectivity index (χ4v) is 4.08.